The number of urea groups is 1. The zero-order valence-corrected chi connectivity index (χ0v) is 33.1. The first-order valence-corrected chi connectivity index (χ1v) is 18.9. The third kappa shape index (κ3) is 16.0. The molecule has 3 atom stereocenters. The number of Topliss-reactive ketones (excluding diaryl/α,β-unsaturated/α-hetero) is 1. The molecule has 1 aromatic rings. The predicted molar refractivity (Wildman–Crippen MR) is 203 cm³/mol. The largest absolute Gasteiger partial charge is 0.445 e. The van der Waals surface area contributed by atoms with Gasteiger partial charge in [0.2, 0.25) is 17.7 Å². The van der Waals surface area contributed by atoms with Crippen LogP contribution in [0.25, 0.3) is 0 Å². The molecule has 1 aliphatic rings. The third-order valence-corrected chi connectivity index (χ3v) is 8.94. The molecule has 18 nitrogen and oxygen atoms in total. The molecule has 8 amide bonds. The highest BCUT2D eigenvalue weighted by molar-refractivity contribution is 6.01. The molecule has 1 fully saturated rings. The molecule has 1 aliphatic heterocycles. The zero-order valence-electron chi connectivity index (χ0n) is 33.1. The Balaban J connectivity index is 1.92. The van der Waals surface area contributed by atoms with E-state index in [9.17, 15) is 43.2 Å². The topological polar surface area (TPSA) is 253 Å². The maximum atomic E-state index is 13.5. The van der Waals surface area contributed by atoms with Crippen LogP contribution in [-0.2, 0) is 49.7 Å². The number of nitrogens with zero attached hydrogens (tertiary/aromatic N) is 2. The molecular formula is C38H57N7O11. The Hall–Kier alpha value is -5.55. The van der Waals surface area contributed by atoms with Crippen molar-refractivity contribution in [3.05, 3.63) is 29.8 Å². The molecule has 0 spiro atoms. The summed E-state index contributed by atoms with van der Waals surface area (Å²) in [6.45, 7) is 8.69. The molecule has 1 aromatic carbocycles. The Kier molecular flexibility index (Phi) is 19.5. The minimum absolute atomic E-state index is 0.00958. The minimum atomic E-state index is -1.05. The van der Waals surface area contributed by atoms with E-state index in [1.165, 1.54) is 18.9 Å². The quantitative estimate of drug-likeness (QED) is 0.0796. The number of imide groups is 1. The predicted octanol–water partition coefficient (Wildman–Crippen LogP) is 2.83. The lowest BCUT2D eigenvalue weighted by Crippen LogP contribution is -2.54. The number of nitrogens with one attached hydrogen (secondary N) is 4. The molecule has 0 saturated carbocycles. The average Bonchev–Trinajstić information content (AvgIpc) is 3.44. The molecule has 0 unspecified atom stereocenters. The summed E-state index contributed by atoms with van der Waals surface area (Å²) in [5.74, 6) is -3.84. The van der Waals surface area contributed by atoms with E-state index in [-0.39, 0.29) is 68.8 Å². The van der Waals surface area contributed by atoms with Gasteiger partial charge in [-0.05, 0) is 62.1 Å². The minimum Gasteiger partial charge on any atom is -0.445 e. The molecule has 0 radical (unpaired) electrons. The van der Waals surface area contributed by atoms with Crippen molar-refractivity contribution in [3.8, 4) is 0 Å². The highest BCUT2D eigenvalue weighted by Crippen LogP contribution is 2.17. The van der Waals surface area contributed by atoms with Crippen molar-refractivity contribution >= 4 is 59.1 Å². The molecule has 18 heteroatoms. The molecule has 0 aliphatic carbocycles. The summed E-state index contributed by atoms with van der Waals surface area (Å²) in [7, 11) is 1.51. The van der Waals surface area contributed by atoms with Gasteiger partial charge < -0.3 is 41.5 Å². The van der Waals surface area contributed by atoms with E-state index in [0.717, 1.165) is 0 Å². The van der Waals surface area contributed by atoms with Crippen LogP contribution in [0.15, 0.2) is 24.3 Å². The standard InChI is InChI=1S/C38H57N7O11/c1-23(2)33(43-29(47)13-9-7-8-10-14-32(50)56-45-30(48)19-20-31(45)49)36(52)42-28(12-11-21-40-37(39)53)35(51)41-27-17-15-26(16-18-27)22-55-38(54)44(6)34(24(3)4)25(5)46/h15-18,23-24,28,33-34H,7-14,19-22H2,1-6H3,(H,41,51)(H,42,52)(H,43,47)(H3,39,40,53)/t28-,33-,34-/m0/s1. The highest BCUT2D eigenvalue weighted by Gasteiger charge is 2.33. The van der Waals surface area contributed by atoms with E-state index in [4.69, 9.17) is 15.3 Å². The first-order chi connectivity index (χ1) is 26.4. The van der Waals surface area contributed by atoms with Gasteiger partial charge in [-0.15, -0.1) is 5.06 Å². The number of amides is 8. The summed E-state index contributed by atoms with van der Waals surface area (Å²) < 4.78 is 5.38. The Morgan fingerprint density at radius 3 is 1.98 bits per heavy atom. The number of hydrogen-bond acceptors (Lipinski definition) is 11. The van der Waals surface area contributed by atoms with Crippen LogP contribution in [0, 0.1) is 11.8 Å². The van der Waals surface area contributed by atoms with Gasteiger partial charge in [0.25, 0.3) is 11.8 Å². The van der Waals surface area contributed by atoms with Gasteiger partial charge in [0.05, 0.1) is 6.04 Å². The van der Waals surface area contributed by atoms with Crippen molar-refractivity contribution < 1.29 is 52.7 Å². The maximum Gasteiger partial charge on any atom is 0.410 e. The normalized spacial score (nSPS) is 14.1. The van der Waals surface area contributed by atoms with Gasteiger partial charge in [0, 0.05) is 45.0 Å². The summed E-state index contributed by atoms with van der Waals surface area (Å²) in [5, 5.41) is 11.2. The smallest absolute Gasteiger partial charge is 0.410 e. The van der Waals surface area contributed by atoms with E-state index >= 15 is 0 Å². The van der Waals surface area contributed by atoms with Gasteiger partial charge in [0.1, 0.15) is 18.7 Å². The lowest BCUT2D eigenvalue weighted by molar-refractivity contribution is -0.197. The van der Waals surface area contributed by atoms with Crippen molar-refractivity contribution in [3.63, 3.8) is 0 Å². The number of rotatable bonds is 23. The molecule has 6 N–H and O–H groups in total. The maximum absolute atomic E-state index is 13.5. The van der Waals surface area contributed by atoms with Crippen LogP contribution < -0.4 is 27.0 Å². The lowest BCUT2D eigenvalue weighted by Gasteiger charge is -2.28. The molecule has 1 saturated heterocycles. The lowest BCUT2D eigenvalue weighted by atomic mass is 10.00. The molecule has 2 rings (SSSR count). The van der Waals surface area contributed by atoms with E-state index in [2.05, 4.69) is 21.3 Å². The van der Waals surface area contributed by atoms with Gasteiger partial charge in [-0.2, -0.15) is 0 Å². The summed E-state index contributed by atoms with van der Waals surface area (Å²) in [6.07, 6.45) is 2.04. The Morgan fingerprint density at radius 2 is 1.43 bits per heavy atom. The molecule has 0 aromatic heterocycles. The van der Waals surface area contributed by atoms with Gasteiger partial charge in [0.15, 0.2) is 5.78 Å². The molecular weight excluding hydrogens is 730 g/mol. The van der Waals surface area contributed by atoms with Crippen molar-refractivity contribution in [1.82, 2.24) is 25.9 Å². The molecule has 1 heterocycles. The molecule has 0 bridgehead atoms. The van der Waals surface area contributed by atoms with Crippen molar-refractivity contribution in [2.45, 2.75) is 124 Å². The van der Waals surface area contributed by atoms with Crippen LogP contribution in [0.3, 0.4) is 0 Å². The summed E-state index contributed by atoms with van der Waals surface area (Å²) in [6, 6.07) is 3.15. The number of carbonyl (C=O) groups is 9. The van der Waals surface area contributed by atoms with Crippen molar-refractivity contribution in [2.75, 3.05) is 18.9 Å². The van der Waals surface area contributed by atoms with Gasteiger partial charge in [-0.1, -0.05) is 52.7 Å². The number of carbonyl (C=O) groups excluding carboxylic acids is 9. The Morgan fingerprint density at radius 1 is 0.821 bits per heavy atom. The SMILES string of the molecule is CC(=O)[C@H](C(C)C)N(C)C(=O)OCc1ccc(NC(=O)[C@H](CCCNC(N)=O)NC(=O)[C@@H](NC(=O)CCCCCCC(=O)ON2C(=O)CCC2=O)C(C)C)cc1. The van der Waals surface area contributed by atoms with E-state index in [1.54, 1.807) is 38.1 Å². The average molecular weight is 788 g/mol. The van der Waals surface area contributed by atoms with Crippen LogP contribution in [-0.4, -0.2) is 95.1 Å². The first kappa shape index (κ1) is 46.6. The van der Waals surface area contributed by atoms with Gasteiger partial charge in [-0.3, -0.25) is 28.8 Å². The zero-order chi connectivity index (χ0) is 41.9. The number of ketones is 1. The van der Waals surface area contributed by atoms with Crippen LogP contribution in [0.5, 0.6) is 0 Å². The van der Waals surface area contributed by atoms with Crippen LogP contribution in [0.4, 0.5) is 15.3 Å². The first-order valence-electron chi connectivity index (χ1n) is 18.9. The fourth-order valence-corrected chi connectivity index (χ4v) is 6.01. The number of anilines is 1. The Labute approximate surface area is 327 Å². The number of hydrogen-bond donors (Lipinski definition) is 5. The molecule has 56 heavy (non-hydrogen) atoms. The van der Waals surface area contributed by atoms with Crippen molar-refractivity contribution in [2.24, 2.45) is 17.6 Å². The van der Waals surface area contributed by atoms with E-state index in [0.29, 0.717) is 48.4 Å². The second-order valence-corrected chi connectivity index (χ2v) is 14.4. The second kappa shape index (κ2) is 23.4. The number of primary amides is 1. The van der Waals surface area contributed by atoms with E-state index < -0.39 is 59.8 Å². The summed E-state index contributed by atoms with van der Waals surface area (Å²) in [5.41, 5.74) is 6.18. The summed E-state index contributed by atoms with van der Waals surface area (Å²) in [4.78, 5) is 117. The number of hydroxylamine groups is 2. The monoisotopic (exact) mass is 787 g/mol. The van der Waals surface area contributed by atoms with Crippen LogP contribution >= 0.6 is 0 Å². The molecule has 310 valence electrons. The number of unbranched alkanes of at least 4 members (excludes halogenated alkanes) is 3. The second-order valence-electron chi connectivity index (χ2n) is 14.4. The highest BCUT2D eigenvalue weighted by atomic mass is 16.7. The number of benzene rings is 1. The third-order valence-electron chi connectivity index (χ3n) is 8.94. The van der Waals surface area contributed by atoms with Gasteiger partial charge >= 0.3 is 18.1 Å². The fourth-order valence-electron chi connectivity index (χ4n) is 6.01. The number of ether oxygens (including phenoxy) is 1. The fraction of sp³-hybridized carbons (Fsp3) is 0.605. The van der Waals surface area contributed by atoms with E-state index in [1.807, 2.05) is 13.8 Å². The number of likely N-dealkylation sites (N-methyl/N-ethyl adjacent to an activating group) is 1. The Bertz CT molecular complexity index is 1550. The van der Waals surface area contributed by atoms with Crippen molar-refractivity contribution in [1.29, 1.82) is 0 Å². The summed E-state index contributed by atoms with van der Waals surface area (Å²) >= 11 is 0. The number of nitrogens with two attached hydrogens (primary N) is 1. The van der Waals surface area contributed by atoms with Crippen LogP contribution in [0.2, 0.25) is 0 Å². The van der Waals surface area contributed by atoms with Crippen LogP contribution in [0.1, 0.15) is 104 Å². The van der Waals surface area contributed by atoms with Gasteiger partial charge in [-0.25, -0.2) is 14.4 Å².